The number of aromatic amines is 1. The topological polar surface area (TPSA) is 93.0 Å². The summed E-state index contributed by atoms with van der Waals surface area (Å²) in [5.41, 5.74) is 7.74. The van der Waals surface area contributed by atoms with Gasteiger partial charge in [0.05, 0.1) is 17.1 Å². The molecule has 0 bridgehead atoms. The second-order valence-corrected chi connectivity index (χ2v) is 5.07. The average Bonchev–Trinajstić information content (AvgIpc) is 2.89. The molecule has 1 aliphatic rings. The highest BCUT2D eigenvalue weighted by molar-refractivity contribution is 5.94. The van der Waals surface area contributed by atoms with E-state index in [1.54, 1.807) is 0 Å². The Balaban J connectivity index is 1.68. The molecule has 1 saturated heterocycles. The largest absolute Gasteiger partial charge is 0.381 e. The van der Waals surface area contributed by atoms with Crippen molar-refractivity contribution in [1.29, 1.82) is 0 Å². The van der Waals surface area contributed by atoms with Gasteiger partial charge in [-0.3, -0.25) is 10.1 Å². The van der Waals surface area contributed by atoms with Gasteiger partial charge in [0, 0.05) is 13.2 Å². The minimum atomic E-state index is -0.521. The molecule has 0 saturated carbocycles. The molecular formula is C14H18N4O2. The summed E-state index contributed by atoms with van der Waals surface area (Å²) >= 11 is 0. The second-order valence-electron chi connectivity index (χ2n) is 5.07. The number of nitrogens with two attached hydrogens (primary N) is 1. The number of nitrogens with zero attached hydrogens (tertiary/aromatic N) is 1. The summed E-state index contributed by atoms with van der Waals surface area (Å²) in [7, 11) is 0. The van der Waals surface area contributed by atoms with E-state index in [4.69, 9.17) is 10.5 Å². The van der Waals surface area contributed by atoms with Crippen molar-refractivity contribution in [2.45, 2.75) is 18.9 Å². The monoisotopic (exact) mass is 274 g/mol. The first-order valence-electron chi connectivity index (χ1n) is 6.83. The van der Waals surface area contributed by atoms with Gasteiger partial charge >= 0.3 is 0 Å². The number of aromatic nitrogens is 2. The number of H-pyrrole nitrogens is 1. The molecule has 1 unspecified atom stereocenters. The van der Waals surface area contributed by atoms with Crippen LogP contribution in [0.2, 0.25) is 0 Å². The minimum Gasteiger partial charge on any atom is -0.381 e. The molecule has 0 spiro atoms. The first-order valence-corrected chi connectivity index (χ1v) is 6.83. The molecule has 6 heteroatoms. The first kappa shape index (κ1) is 13.1. The van der Waals surface area contributed by atoms with Crippen LogP contribution in [0.1, 0.15) is 12.8 Å². The van der Waals surface area contributed by atoms with Crippen molar-refractivity contribution in [1.82, 2.24) is 9.97 Å². The molecule has 4 N–H and O–H groups in total. The third-order valence-corrected chi connectivity index (χ3v) is 3.71. The van der Waals surface area contributed by atoms with Crippen LogP contribution >= 0.6 is 0 Å². The maximum atomic E-state index is 12.2. The van der Waals surface area contributed by atoms with Crippen molar-refractivity contribution in [2.75, 3.05) is 18.5 Å². The fraction of sp³-hybridized carbons (Fsp3) is 0.429. The summed E-state index contributed by atoms with van der Waals surface area (Å²) in [5, 5.41) is 2.76. The number of imidazole rings is 1. The van der Waals surface area contributed by atoms with Crippen molar-refractivity contribution in [3.05, 3.63) is 24.3 Å². The standard InChI is InChI=1S/C14H18N4O2/c15-12(9-5-7-20-8-6-9)13(19)18-14-16-10-3-1-2-4-11(10)17-14/h1-4,9,12H,5-8,15H2,(H2,16,17,18,19). The second kappa shape index (κ2) is 5.60. The number of fused-ring (bicyclic) bond motifs is 1. The maximum Gasteiger partial charge on any atom is 0.243 e. The molecule has 1 aliphatic heterocycles. The minimum absolute atomic E-state index is 0.174. The number of rotatable bonds is 3. The van der Waals surface area contributed by atoms with E-state index in [1.807, 2.05) is 24.3 Å². The van der Waals surface area contributed by atoms with Crippen molar-refractivity contribution in [3.63, 3.8) is 0 Å². The SMILES string of the molecule is NC(C(=O)Nc1nc2ccccc2[nH]1)C1CCOCC1. The van der Waals surface area contributed by atoms with Crippen LogP contribution in [0.25, 0.3) is 11.0 Å². The van der Waals surface area contributed by atoms with E-state index in [-0.39, 0.29) is 11.8 Å². The van der Waals surface area contributed by atoms with E-state index in [0.717, 1.165) is 23.9 Å². The van der Waals surface area contributed by atoms with Crippen LogP contribution in [-0.4, -0.2) is 35.1 Å². The van der Waals surface area contributed by atoms with Crippen LogP contribution < -0.4 is 11.1 Å². The van der Waals surface area contributed by atoms with Crippen LogP contribution in [0, 0.1) is 5.92 Å². The highest BCUT2D eigenvalue weighted by Gasteiger charge is 2.27. The van der Waals surface area contributed by atoms with Crippen LogP contribution in [0.5, 0.6) is 0 Å². The Morgan fingerprint density at radius 2 is 2.15 bits per heavy atom. The Labute approximate surface area is 116 Å². The van der Waals surface area contributed by atoms with E-state index < -0.39 is 6.04 Å². The molecule has 2 aromatic rings. The van der Waals surface area contributed by atoms with Gasteiger partial charge in [-0.05, 0) is 30.9 Å². The van der Waals surface area contributed by atoms with E-state index >= 15 is 0 Å². The quantitative estimate of drug-likeness (QED) is 0.785. The molecular weight excluding hydrogens is 256 g/mol. The van der Waals surface area contributed by atoms with E-state index in [0.29, 0.717) is 19.2 Å². The summed E-state index contributed by atoms with van der Waals surface area (Å²) in [4.78, 5) is 19.5. The Morgan fingerprint density at radius 1 is 1.40 bits per heavy atom. The Morgan fingerprint density at radius 3 is 2.90 bits per heavy atom. The number of para-hydroxylation sites is 2. The van der Waals surface area contributed by atoms with Gasteiger partial charge in [0.1, 0.15) is 0 Å². The highest BCUT2D eigenvalue weighted by atomic mass is 16.5. The lowest BCUT2D eigenvalue weighted by Gasteiger charge is -2.26. The molecule has 1 fully saturated rings. The van der Waals surface area contributed by atoms with Crippen molar-refractivity contribution in [3.8, 4) is 0 Å². The van der Waals surface area contributed by atoms with E-state index in [9.17, 15) is 4.79 Å². The number of hydrogen-bond donors (Lipinski definition) is 3. The molecule has 1 aromatic heterocycles. The third kappa shape index (κ3) is 2.66. The number of hydrogen-bond acceptors (Lipinski definition) is 4. The smallest absolute Gasteiger partial charge is 0.243 e. The molecule has 6 nitrogen and oxygen atoms in total. The fourth-order valence-corrected chi connectivity index (χ4v) is 2.50. The molecule has 20 heavy (non-hydrogen) atoms. The maximum absolute atomic E-state index is 12.2. The van der Waals surface area contributed by atoms with Crippen molar-refractivity contribution in [2.24, 2.45) is 11.7 Å². The van der Waals surface area contributed by atoms with E-state index in [2.05, 4.69) is 15.3 Å². The molecule has 1 aromatic carbocycles. The van der Waals surface area contributed by atoms with Crippen LogP contribution in [0.3, 0.4) is 0 Å². The van der Waals surface area contributed by atoms with Gasteiger partial charge < -0.3 is 15.5 Å². The fourth-order valence-electron chi connectivity index (χ4n) is 2.50. The van der Waals surface area contributed by atoms with Gasteiger partial charge in [0.25, 0.3) is 0 Å². The summed E-state index contributed by atoms with van der Waals surface area (Å²) in [6.45, 7) is 1.35. The summed E-state index contributed by atoms with van der Waals surface area (Å²) in [5.74, 6) is 0.419. The number of carbonyl (C=O) groups excluding carboxylic acids is 1. The molecule has 3 rings (SSSR count). The van der Waals surface area contributed by atoms with Gasteiger partial charge in [-0.2, -0.15) is 0 Å². The van der Waals surface area contributed by atoms with Gasteiger partial charge in [0.2, 0.25) is 11.9 Å². The zero-order valence-corrected chi connectivity index (χ0v) is 11.1. The first-order chi connectivity index (χ1) is 9.74. The number of amides is 1. The lowest BCUT2D eigenvalue weighted by molar-refractivity contribution is -0.119. The molecule has 1 atom stereocenters. The Bertz CT molecular complexity index is 571. The zero-order valence-electron chi connectivity index (χ0n) is 11.1. The normalized spacial score (nSPS) is 18.1. The Hall–Kier alpha value is -1.92. The van der Waals surface area contributed by atoms with Crippen LogP contribution in [0.4, 0.5) is 5.95 Å². The number of carbonyl (C=O) groups is 1. The number of benzene rings is 1. The summed E-state index contributed by atoms with van der Waals surface area (Å²) < 4.78 is 5.28. The third-order valence-electron chi connectivity index (χ3n) is 3.71. The van der Waals surface area contributed by atoms with Crippen LogP contribution in [0.15, 0.2) is 24.3 Å². The average molecular weight is 274 g/mol. The lowest BCUT2D eigenvalue weighted by atomic mass is 9.92. The zero-order chi connectivity index (χ0) is 13.9. The van der Waals surface area contributed by atoms with Gasteiger partial charge in [-0.15, -0.1) is 0 Å². The highest BCUT2D eigenvalue weighted by Crippen LogP contribution is 2.19. The number of nitrogens with one attached hydrogen (secondary N) is 2. The number of anilines is 1. The predicted molar refractivity (Wildman–Crippen MR) is 76.2 cm³/mol. The van der Waals surface area contributed by atoms with Crippen molar-refractivity contribution >= 4 is 22.9 Å². The van der Waals surface area contributed by atoms with Crippen LogP contribution in [-0.2, 0) is 9.53 Å². The van der Waals surface area contributed by atoms with Gasteiger partial charge in [0.15, 0.2) is 0 Å². The molecule has 0 aliphatic carbocycles. The summed E-state index contributed by atoms with van der Waals surface area (Å²) in [6, 6.07) is 7.10. The molecule has 1 amide bonds. The lowest BCUT2D eigenvalue weighted by Crippen LogP contribution is -2.44. The molecule has 0 radical (unpaired) electrons. The van der Waals surface area contributed by atoms with Crippen molar-refractivity contribution < 1.29 is 9.53 Å². The molecule has 106 valence electrons. The predicted octanol–water partition coefficient (Wildman–Crippen LogP) is 1.26. The van der Waals surface area contributed by atoms with Gasteiger partial charge in [-0.1, -0.05) is 12.1 Å². The van der Waals surface area contributed by atoms with Gasteiger partial charge in [-0.25, -0.2) is 4.98 Å². The Kier molecular flexibility index (Phi) is 3.66. The molecule has 2 heterocycles. The van der Waals surface area contributed by atoms with E-state index in [1.165, 1.54) is 0 Å². The summed E-state index contributed by atoms with van der Waals surface area (Å²) in [6.07, 6.45) is 1.66. The number of ether oxygens (including phenoxy) is 1.